The lowest BCUT2D eigenvalue weighted by Crippen LogP contribution is -2.30. The zero-order valence-corrected chi connectivity index (χ0v) is 5.79. The lowest BCUT2D eigenvalue weighted by Gasteiger charge is -2.15. The SMILES string of the molecule is O=C1C[C@H](O)[C@@H]2CCCN12. The number of amides is 1. The van der Waals surface area contributed by atoms with Gasteiger partial charge in [-0.3, -0.25) is 4.79 Å². The van der Waals surface area contributed by atoms with Crippen LogP contribution in [0, 0.1) is 0 Å². The van der Waals surface area contributed by atoms with Crippen molar-refractivity contribution in [3.05, 3.63) is 0 Å². The first-order valence-electron chi connectivity index (χ1n) is 3.76. The maximum atomic E-state index is 11.0. The molecule has 1 N–H and O–H groups in total. The highest BCUT2D eigenvalue weighted by Gasteiger charge is 2.41. The summed E-state index contributed by atoms with van der Waals surface area (Å²) in [6.07, 6.45) is 2.03. The van der Waals surface area contributed by atoms with Crippen molar-refractivity contribution in [2.45, 2.75) is 31.4 Å². The molecule has 2 atom stereocenters. The molecule has 56 valence electrons. The number of carbonyl (C=O) groups excluding carboxylic acids is 1. The van der Waals surface area contributed by atoms with Crippen molar-refractivity contribution in [1.82, 2.24) is 4.90 Å². The zero-order valence-electron chi connectivity index (χ0n) is 5.79. The van der Waals surface area contributed by atoms with E-state index in [1.807, 2.05) is 4.90 Å². The molecule has 0 bridgehead atoms. The van der Waals surface area contributed by atoms with Crippen LogP contribution in [-0.4, -0.2) is 34.6 Å². The van der Waals surface area contributed by atoms with Crippen LogP contribution in [0.2, 0.25) is 0 Å². The van der Waals surface area contributed by atoms with E-state index < -0.39 is 0 Å². The summed E-state index contributed by atoms with van der Waals surface area (Å²) in [5.41, 5.74) is 0. The van der Waals surface area contributed by atoms with Crippen LogP contribution in [0.1, 0.15) is 19.3 Å². The second-order valence-corrected chi connectivity index (χ2v) is 3.07. The third-order valence-corrected chi connectivity index (χ3v) is 2.45. The molecule has 0 unspecified atom stereocenters. The number of nitrogens with zero attached hydrogens (tertiary/aromatic N) is 1. The molecule has 2 saturated heterocycles. The van der Waals surface area contributed by atoms with E-state index in [4.69, 9.17) is 0 Å². The van der Waals surface area contributed by atoms with E-state index in [9.17, 15) is 9.90 Å². The maximum absolute atomic E-state index is 11.0. The second-order valence-electron chi connectivity index (χ2n) is 3.07. The van der Waals surface area contributed by atoms with Crippen LogP contribution in [0.5, 0.6) is 0 Å². The number of hydrogen-bond acceptors (Lipinski definition) is 2. The minimum absolute atomic E-state index is 0.134. The van der Waals surface area contributed by atoms with E-state index in [2.05, 4.69) is 0 Å². The number of carbonyl (C=O) groups is 1. The molecule has 2 rings (SSSR count). The molecule has 2 heterocycles. The van der Waals surface area contributed by atoms with Gasteiger partial charge in [-0.15, -0.1) is 0 Å². The fourth-order valence-corrected chi connectivity index (χ4v) is 1.93. The van der Waals surface area contributed by atoms with Crippen molar-refractivity contribution in [2.24, 2.45) is 0 Å². The van der Waals surface area contributed by atoms with Crippen LogP contribution in [0.3, 0.4) is 0 Å². The Hall–Kier alpha value is -0.570. The van der Waals surface area contributed by atoms with Gasteiger partial charge in [-0.1, -0.05) is 0 Å². The molecule has 1 amide bonds. The van der Waals surface area contributed by atoms with Crippen LogP contribution in [0.4, 0.5) is 0 Å². The third kappa shape index (κ3) is 0.669. The fraction of sp³-hybridized carbons (Fsp3) is 0.857. The monoisotopic (exact) mass is 141 g/mol. The maximum Gasteiger partial charge on any atom is 0.225 e. The summed E-state index contributed by atoms with van der Waals surface area (Å²) in [5.74, 6) is 0.134. The average molecular weight is 141 g/mol. The first-order valence-corrected chi connectivity index (χ1v) is 3.76. The first-order chi connectivity index (χ1) is 4.79. The summed E-state index contributed by atoms with van der Waals surface area (Å²) in [6, 6.07) is 0.160. The molecule has 2 fully saturated rings. The summed E-state index contributed by atoms with van der Waals surface area (Å²) in [7, 11) is 0. The molecule has 2 aliphatic rings. The average Bonchev–Trinajstić information content (AvgIpc) is 2.39. The molecule has 0 aliphatic carbocycles. The fourth-order valence-electron chi connectivity index (χ4n) is 1.93. The van der Waals surface area contributed by atoms with Gasteiger partial charge >= 0.3 is 0 Å². The number of aliphatic hydroxyl groups is 1. The van der Waals surface area contributed by atoms with E-state index >= 15 is 0 Å². The van der Waals surface area contributed by atoms with Crippen molar-refractivity contribution in [3.63, 3.8) is 0 Å². The second kappa shape index (κ2) is 1.95. The number of fused-ring (bicyclic) bond motifs is 1. The number of hydrogen-bond donors (Lipinski definition) is 1. The molecule has 3 heteroatoms. The molecule has 2 aliphatic heterocycles. The van der Waals surface area contributed by atoms with Gasteiger partial charge in [-0.05, 0) is 12.8 Å². The van der Waals surface area contributed by atoms with Crippen molar-refractivity contribution in [1.29, 1.82) is 0 Å². The minimum atomic E-state index is -0.380. The van der Waals surface area contributed by atoms with Crippen molar-refractivity contribution < 1.29 is 9.90 Å². The van der Waals surface area contributed by atoms with Crippen molar-refractivity contribution in [2.75, 3.05) is 6.54 Å². The summed E-state index contributed by atoms with van der Waals surface area (Å²) in [5, 5.41) is 9.31. The Balaban J connectivity index is 2.19. The third-order valence-electron chi connectivity index (χ3n) is 2.45. The topological polar surface area (TPSA) is 40.5 Å². The molecule has 0 saturated carbocycles. The van der Waals surface area contributed by atoms with Crippen molar-refractivity contribution in [3.8, 4) is 0 Å². The highest BCUT2D eigenvalue weighted by Crippen LogP contribution is 2.28. The van der Waals surface area contributed by atoms with Crippen LogP contribution in [0.15, 0.2) is 0 Å². The molecule has 10 heavy (non-hydrogen) atoms. The van der Waals surface area contributed by atoms with Gasteiger partial charge in [-0.2, -0.15) is 0 Å². The largest absolute Gasteiger partial charge is 0.390 e. The predicted molar refractivity (Wildman–Crippen MR) is 35.4 cm³/mol. The van der Waals surface area contributed by atoms with Crippen LogP contribution in [0.25, 0.3) is 0 Å². The van der Waals surface area contributed by atoms with Crippen LogP contribution in [-0.2, 0) is 4.79 Å². The lowest BCUT2D eigenvalue weighted by atomic mass is 10.1. The highest BCUT2D eigenvalue weighted by atomic mass is 16.3. The standard InChI is InChI=1S/C7H11NO2/c9-6-4-7(10)8-3-1-2-5(6)8/h5-6,9H,1-4H2/t5-,6-/m0/s1. The zero-order chi connectivity index (χ0) is 7.14. The lowest BCUT2D eigenvalue weighted by molar-refractivity contribution is -0.127. The van der Waals surface area contributed by atoms with E-state index in [0.717, 1.165) is 19.4 Å². The normalized spacial score (nSPS) is 38.9. The minimum Gasteiger partial charge on any atom is -0.390 e. The van der Waals surface area contributed by atoms with E-state index in [1.54, 1.807) is 0 Å². The predicted octanol–water partition coefficient (Wildman–Crippen LogP) is -0.258. The van der Waals surface area contributed by atoms with Gasteiger partial charge in [0.05, 0.1) is 18.6 Å². The number of rotatable bonds is 0. The summed E-state index contributed by atoms with van der Waals surface area (Å²) >= 11 is 0. The molecule has 3 nitrogen and oxygen atoms in total. The quantitative estimate of drug-likeness (QED) is 0.505. The van der Waals surface area contributed by atoms with Crippen molar-refractivity contribution >= 4 is 5.91 Å². The first kappa shape index (κ1) is 6.16. The van der Waals surface area contributed by atoms with E-state index in [0.29, 0.717) is 6.42 Å². The van der Waals surface area contributed by atoms with Gasteiger partial charge in [0.15, 0.2) is 0 Å². The Bertz CT molecular complexity index is 169. The van der Waals surface area contributed by atoms with E-state index in [1.165, 1.54) is 0 Å². The Labute approximate surface area is 59.6 Å². The Morgan fingerprint density at radius 3 is 3.10 bits per heavy atom. The van der Waals surface area contributed by atoms with Gasteiger partial charge < -0.3 is 10.0 Å². The highest BCUT2D eigenvalue weighted by molar-refractivity contribution is 5.80. The molecule has 0 spiro atoms. The Morgan fingerprint density at radius 2 is 2.40 bits per heavy atom. The van der Waals surface area contributed by atoms with Gasteiger partial charge in [0, 0.05) is 6.54 Å². The molecule has 0 aromatic carbocycles. The van der Waals surface area contributed by atoms with E-state index in [-0.39, 0.29) is 18.1 Å². The van der Waals surface area contributed by atoms with Gasteiger partial charge in [0.2, 0.25) is 5.91 Å². The summed E-state index contributed by atoms with van der Waals surface area (Å²) in [4.78, 5) is 12.8. The summed E-state index contributed by atoms with van der Waals surface area (Å²) in [6.45, 7) is 0.862. The van der Waals surface area contributed by atoms with Gasteiger partial charge in [0.25, 0.3) is 0 Å². The molecule has 0 aromatic rings. The smallest absolute Gasteiger partial charge is 0.225 e. The molecular weight excluding hydrogens is 130 g/mol. The molecular formula is C7H11NO2. The molecule has 0 aromatic heterocycles. The summed E-state index contributed by atoms with van der Waals surface area (Å²) < 4.78 is 0. The van der Waals surface area contributed by atoms with Crippen LogP contribution < -0.4 is 0 Å². The van der Waals surface area contributed by atoms with Crippen LogP contribution >= 0.6 is 0 Å². The number of aliphatic hydroxyl groups excluding tert-OH is 1. The van der Waals surface area contributed by atoms with Gasteiger partial charge in [-0.25, -0.2) is 0 Å². The Kier molecular flexibility index (Phi) is 1.20. The molecule has 0 radical (unpaired) electrons. The Morgan fingerprint density at radius 1 is 1.60 bits per heavy atom. The van der Waals surface area contributed by atoms with Gasteiger partial charge in [0.1, 0.15) is 0 Å².